The van der Waals surface area contributed by atoms with Gasteiger partial charge in [0.15, 0.2) is 0 Å². The van der Waals surface area contributed by atoms with Gasteiger partial charge < -0.3 is 4.90 Å². The Bertz CT molecular complexity index is 477. The number of hydrogen-bond donors (Lipinski definition) is 0. The molecule has 0 aliphatic carbocycles. The van der Waals surface area contributed by atoms with Gasteiger partial charge in [-0.3, -0.25) is 4.79 Å². The molecule has 1 aromatic carbocycles. The number of carbonyl (C=O) groups excluding carboxylic acids is 1. The van der Waals surface area contributed by atoms with E-state index in [-0.39, 0.29) is 16.8 Å². The summed E-state index contributed by atoms with van der Waals surface area (Å²) in [6.45, 7) is 1.68. The number of nitrogens with zero attached hydrogens (tertiary/aromatic N) is 1. The molecule has 0 radical (unpaired) electrons. The van der Waals surface area contributed by atoms with E-state index in [1.165, 1.54) is 24.1 Å². The molecule has 2 nitrogen and oxygen atoms in total. The van der Waals surface area contributed by atoms with E-state index in [9.17, 15) is 18.0 Å². The van der Waals surface area contributed by atoms with Crippen molar-refractivity contribution in [2.45, 2.75) is 19.1 Å². The molecular formula is C12H12Cl2F3NO. The molecule has 0 aliphatic rings. The Morgan fingerprint density at radius 2 is 2.00 bits per heavy atom. The van der Waals surface area contributed by atoms with E-state index in [0.29, 0.717) is 5.56 Å². The van der Waals surface area contributed by atoms with Crippen LogP contribution in [0.5, 0.6) is 0 Å². The molecule has 0 aromatic heterocycles. The summed E-state index contributed by atoms with van der Waals surface area (Å²) in [5, 5.41) is -0.386. The van der Waals surface area contributed by atoms with Crippen molar-refractivity contribution in [3.05, 3.63) is 34.3 Å². The van der Waals surface area contributed by atoms with E-state index >= 15 is 0 Å². The van der Waals surface area contributed by atoms with Crippen LogP contribution in [0.3, 0.4) is 0 Å². The largest absolute Gasteiger partial charge is 0.417 e. The second-order valence-electron chi connectivity index (χ2n) is 4.05. The molecule has 1 unspecified atom stereocenters. The maximum absolute atomic E-state index is 12.6. The number of carbonyl (C=O) groups is 1. The molecule has 106 valence electrons. The van der Waals surface area contributed by atoms with E-state index in [0.717, 1.165) is 6.07 Å². The minimum atomic E-state index is -4.49. The fourth-order valence-corrected chi connectivity index (χ4v) is 2.04. The van der Waals surface area contributed by atoms with Gasteiger partial charge in [-0.15, -0.1) is 11.6 Å². The Labute approximate surface area is 119 Å². The standard InChI is InChI=1S/C12H12Cl2F3NO/c1-7(18(2)11(19)6-13)8-3-4-9(10(14)5-8)12(15,16)17/h3-5,7H,6H2,1-2H3. The number of amides is 1. The highest BCUT2D eigenvalue weighted by Crippen LogP contribution is 2.36. The summed E-state index contributed by atoms with van der Waals surface area (Å²) in [6.07, 6.45) is -4.49. The van der Waals surface area contributed by atoms with Crippen molar-refractivity contribution in [2.75, 3.05) is 12.9 Å². The van der Waals surface area contributed by atoms with Gasteiger partial charge in [-0.2, -0.15) is 13.2 Å². The van der Waals surface area contributed by atoms with Crippen LogP contribution in [-0.4, -0.2) is 23.7 Å². The minimum absolute atomic E-state index is 0.185. The molecule has 0 bridgehead atoms. The molecule has 0 heterocycles. The Kier molecular flexibility index (Phi) is 5.10. The predicted molar refractivity (Wildman–Crippen MR) is 68.4 cm³/mol. The van der Waals surface area contributed by atoms with Gasteiger partial charge >= 0.3 is 6.18 Å². The van der Waals surface area contributed by atoms with Crippen molar-refractivity contribution in [1.82, 2.24) is 4.90 Å². The van der Waals surface area contributed by atoms with E-state index in [1.807, 2.05) is 0 Å². The van der Waals surface area contributed by atoms with Crippen LogP contribution in [0.15, 0.2) is 18.2 Å². The highest BCUT2D eigenvalue weighted by Gasteiger charge is 2.33. The van der Waals surface area contributed by atoms with Gasteiger partial charge in [-0.1, -0.05) is 17.7 Å². The lowest BCUT2D eigenvalue weighted by Crippen LogP contribution is -2.30. The average molecular weight is 314 g/mol. The van der Waals surface area contributed by atoms with Crippen LogP contribution in [0.2, 0.25) is 5.02 Å². The molecule has 1 aromatic rings. The molecule has 0 fully saturated rings. The Hall–Kier alpha value is -0.940. The summed E-state index contributed by atoms with van der Waals surface area (Å²) in [5.41, 5.74) is -0.379. The molecule has 0 spiro atoms. The van der Waals surface area contributed by atoms with Crippen molar-refractivity contribution < 1.29 is 18.0 Å². The van der Waals surface area contributed by atoms with Crippen LogP contribution >= 0.6 is 23.2 Å². The third-order valence-electron chi connectivity index (χ3n) is 2.87. The zero-order valence-corrected chi connectivity index (χ0v) is 11.8. The lowest BCUT2D eigenvalue weighted by Gasteiger charge is -2.25. The summed E-state index contributed by atoms with van der Waals surface area (Å²) >= 11 is 11.1. The van der Waals surface area contributed by atoms with E-state index in [1.54, 1.807) is 6.92 Å². The van der Waals surface area contributed by atoms with Crippen molar-refractivity contribution in [1.29, 1.82) is 0 Å². The molecule has 0 saturated heterocycles. The van der Waals surface area contributed by atoms with Gasteiger partial charge in [0.25, 0.3) is 0 Å². The SMILES string of the molecule is CC(c1ccc(C(F)(F)F)c(Cl)c1)N(C)C(=O)CCl. The van der Waals surface area contributed by atoms with Crippen LogP contribution < -0.4 is 0 Å². The monoisotopic (exact) mass is 313 g/mol. The van der Waals surface area contributed by atoms with Crippen molar-refractivity contribution >= 4 is 29.1 Å². The van der Waals surface area contributed by atoms with Crippen molar-refractivity contribution in [3.63, 3.8) is 0 Å². The number of alkyl halides is 4. The van der Waals surface area contributed by atoms with Crippen LogP contribution in [0.4, 0.5) is 13.2 Å². The first-order valence-electron chi connectivity index (χ1n) is 5.36. The van der Waals surface area contributed by atoms with Crippen LogP contribution in [0.25, 0.3) is 0 Å². The third-order valence-corrected chi connectivity index (χ3v) is 3.41. The van der Waals surface area contributed by atoms with Gasteiger partial charge in [0.2, 0.25) is 5.91 Å². The molecular weight excluding hydrogens is 302 g/mol. The van der Waals surface area contributed by atoms with Gasteiger partial charge in [-0.05, 0) is 24.6 Å². The highest BCUT2D eigenvalue weighted by molar-refractivity contribution is 6.31. The predicted octanol–water partition coefficient (Wildman–Crippen LogP) is 4.12. The minimum Gasteiger partial charge on any atom is -0.338 e. The number of rotatable bonds is 3. The Morgan fingerprint density at radius 3 is 2.42 bits per heavy atom. The lowest BCUT2D eigenvalue weighted by atomic mass is 10.0. The Morgan fingerprint density at radius 1 is 1.42 bits per heavy atom. The van der Waals surface area contributed by atoms with Gasteiger partial charge in [-0.25, -0.2) is 0 Å². The van der Waals surface area contributed by atoms with E-state index in [2.05, 4.69) is 0 Å². The Balaban J connectivity index is 3.04. The molecule has 1 rings (SSSR count). The van der Waals surface area contributed by atoms with Crippen molar-refractivity contribution in [2.24, 2.45) is 0 Å². The fraction of sp³-hybridized carbons (Fsp3) is 0.417. The average Bonchev–Trinajstić information content (AvgIpc) is 2.34. The second-order valence-corrected chi connectivity index (χ2v) is 4.73. The van der Waals surface area contributed by atoms with Crippen LogP contribution in [0, 0.1) is 0 Å². The summed E-state index contributed by atoms with van der Waals surface area (Å²) in [6, 6.07) is 3.02. The van der Waals surface area contributed by atoms with Gasteiger partial charge in [0.1, 0.15) is 5.88 Å². The first kappa shape index (κ1) is 16.1. The molecule has 1 atom stereocenters. The van der Waals surface area contributed by atoms with Crippen molar-refractivity contribution in [3.8, 4) is 0 Å². The molecule has 0 saturated carbocycles. The first-order chi connectivity index (χ1) is 8.68. The maximum Gasteiger partial charge on any atom is 0.417 e. The summed E-state index contributed by atoms with van der Waals surface area (Å²) < 4.78 is 37.7. The maximum atomic E-state index is 12.6. The molecule has 0 aliphatic heterocycles. The third kappa shape index (κ3) is 3.76. The summed E-state index contributed by atoms with van der Waals surface area (Å²) in [5.74, 6) is -0.500. The fourth-order valence-electron chi connectivity index (χ4n) is 1.55. The molecule has 1 amide bonds. The van der Waals surface area contributed by atoms with Gasteiger partial charge in [0.05, 0.1) is 16.6 Å². The van der Waals surface area contributed by atoms with Gasteiger partial charge in [0, 0.05) is 7.05 Å². The summed E-state index contributed by atoms with van der Waals surface area (Å²) in [7, 11) is 1.53. The quantitative estimate of drug-likeness (QED) is 0.769. The van der Waals surface area contributed by atoms with E-state index in [4.69, 9.17) is 23.2 Å². The molecule has 0 N–H and O–H groups in total. The van der Waals surface area contributed by atoms with E-state index < -0.39 is 17.8 Å². The number of halogens is 5. The topological polar surface area (TPSA) is 20.3 Å². The van der Waals surface area contributed by atoms with Crippen LogP contribution in [-0.2, 0) is 11.0 Å². The highest BCUT2D eigenvalue weighted by atomic mass is 35.5. The zero-order chi connectivity index (χ0) is 14.8. The number of benzene rings is 1. The normalized spacial score (nSPS) is 13.2. The summed E-state index contributed by atoms with van der Waals surface area (Å²) in [4.78, 5) is 12.8. The second kappa shape index (κ2) is 6.01. The smallest absolute Gasteiger partial charge is 0.338 e. The zero-order valence-electron chi connectivity index (χ0n) is 10.3. The first-order valence-corrected chi connectivity index (χ1v) is 6.28. The molecule has 7 heteroatoms. The lowest BCUT2D eigenvalue weighted by molar-refractivity contribution is -0.137. The van der Waals surface area contributed by atoms with Crippen LogP contribution in [0.1, 0.15) is 24.1 Å². The molecule has 19 heavy (non-hydrogen) atoms. The number of hydrogen-bond acceptors (Lipinski definition) is 1.